The van der Waals surface area contributed by atoms with Crippen molar-refractivity contribution in [3.05, 3.63) is 81.7 Å². The Labute approximate surface area is 209 Å². The van der Waals surface area contributed by atoms with Crippen LogP contribution in [-0.2, 0) is 5.54 Å². The van der Waals surface area contributed by atoms with E-state index in [1.54, 1.807) is 30.6 Å². The highest BCUT2D eigenvalue weighted by molar-refractivity contribution is 5.95. The van der Waals surface area contributed by atoms with E-state index in [-0.39, 0.29) is 29.1 Å². The molecule has 2 N–H and O–H groups in total. The average molecular weight is 491 g/mol. The average Bonchev–Trinajstić information content (AvgIpc) is 3.80. The Hall–Kier alpha value is -3.68. The molecule has 1 aromatic heterocycles. The normalized spacial score (nSPS) is 15.9. The molecule has 3 aromatic rings. The summed E-state index contributed by atoms with van der Waals surface area (Å²) in [6.45, 7) is 4.53. The van der Waals surface area contributed by atoms with Gasteiger partial charge in [-0.25, -0.2) is 9.37 Å². The van der Waals surface area contributed by atoms with Crippen molar-refractivity contribution in [3.8, 4) is 11.4 Å². The van der Waals surface area contributed by atoms with Gasteiger partial charge in [0, 0.05) is 29.6 Å². The molecular weight excluding hydrogens is 459 g/mol. The number of carbonyl (C=O) groups is 1. The Morgan fingerprint density at radius 3 is 2.75 bits per heavy atom. The summed E-state index contributed by atoms with van der Waals surface area (Å²) in [5.74, 6) is 0.302. The lowest BCUT2D eigenvalue weighted by molar-refractivity contribution is 0.0951. The quantitative estimate of drug-likeness (QED) is 0.397. The Morgan fingerprint density at radius 1 is 1.22 bits per heavy atom. The molecule has 1 heterocycles. The predicted octanol–water partition coefficient (Wildman–Crippen LogP) is 4.85. The number of halogens is 1. The number of rotatable bonds is 10. The summed E-state index contributed by atoms with van der Waals surface area (Å²) >= 11 is 0. The predicted molar refractivity (Wildman–Crippen MR) is 136 cm³/mol. The Kier molecular flexibility index (Phi) is 6.51. The topological polar surface area (TPSA) is 85.2 Å². The third-order valence-electron chi connectivity index (χ3n) is 6.80. The molecule has 2 aliphatic carbocycles. The number of hydrogen-bond acceptors (Lipinski definition) is 5. The van der Waals surface area contributed by atoms with E-state index in [0.717, 1.165) is 44.1 Å². The van der Waals surface area contributed by atoms with E-state index in [1.807, 2.05) is 13.0 Å². The van der Waals surface area contributed by atoms with E-state index in [0.29, 0.717) is 29.2 Å². The second-order valence-corrected chi connectivity index (χ2v) is 9.75. The molecule has 188 valence electrons. The van der Waals surface area contributed by atoms with Gasteiger partial charge in [-0.3, -0.25) is 14.2 Å². The van der Waals surface area contributed by atoms with Crippen LogP contribution in [0.3, 0.4) is 0 Å². The molecule has 2 fully saturated rings. The van der Waals surface area contributed by atoms with Crippen LogP contribution < -0.4 is 20.9 Å². The second kappa shape index (κ2) is 9.76. The molecule has 5 rings (SSSR count). The van der Waals surface area contributed by atoms with Crippen molar-refractivity contribution in [2.75, 3.05) is 11.9 Å². The van der Waals surface area contributed by atoms with Gasteiger partial charge in [-0.05, 0) is 74.9 Å². The zero-order chi connectivity index (χ0) is 25.3. The zero-order valence-corrected chi connectivity index (χ0v) is 20.6. The van der Waals surface area contributed by atoms with Crippen molar-refractivity contribution in [1.29, 1.82) is 0 Å². The number of benzene rings is 2. The van der Waals surface area contributed by atoms with Crippen LogP contribution >= 0.6 is 0 Å². The summed E-state index contributed by atoms with van der Waals surface area (Å²) in [5, 5.41) is 6.29. The molecule has 0 atom stereocenters. The van der Waals surface area contributed by atoms with E-state index >= 15 is 0 Å². The van der Waals surface area contributed by atoms with Crippen molar-refractivity contribution in [1.82, 2.24) is 14.9 Å². The molecule has 0 aliphatic heterocycles. The standard InChI is InChI=1S/C28H31FN4O3/c1-3-4-15-36-24-10-7-20(29)17-22(24)28(11-12-28)32-25-27(35)33(14-13-30-25)23-16-19(6-5-18(23)2)26(34)31-21-8-9-21/h5-7,10,13-14,16-17,21H,3-4,8-9,11-12,15H2,1-2H3,(H,30,32)(H,31,34). The van der Waals surface area contributed by atoms with E-state index in [4.69, 9.17) is 4.74 Å². The van der Waals surface area contributed by atoms with Gasteiger partial charge in [-0.15, -0.1) is 0 Å². The number of aromatic nitrogens is 2. The van der Waals surface area contributed by atoms with Gasteiger partial charge < -0.3 is 15.4 Å². The highest BCUT2D eigenvalue weighted by Crippen LogP contribution is 2.51. The van der Waals surface area contributed by atoms with Crippen LogP contribution in [0.1, 0.15) is 66.9 Å². The number of ether oxygens (including phenoxy) is 1. The van der Waals surface area contributed by atoms with Gasteiger partial charge in [0.2, 0.25) is 0 Å². The second-order valence-electron chi connectivity index (χ2n) is 9.75. The van der Waals surface area contributed by atoms with Crippen LogP contribution in [0, 0.1) is 12.7 Å². The van der Waals surface area contributed by atoms with Gasteiger partial charge >= 0.3 is 0 Å². The first kappa shape index (κ1) is 24.0. The van der Waals surface area contributed by atoms with Crippen LogP contribution in [0.2, 0.25) is 0 Å². The minimum Gasteiger partial charge on any atom is -0.493 e. The smallest absolute Gasteiger partial charge is 0.297 e. The van der Waals surface area contributed by atoms with Crippen molar-refractivity contribution in [3.63, 3.8) is 0 Å². The molecule has 0 saturated heterocycles. The van der Waals surface area contributed by atoms with Gasteiger partial charge in [-0.2, -0.15) is 0 Å². The molecule has 0 spiro atoms. The maximum atomic E-state index is 14.2. The van der Waals surface area contributed by atoms with Crippen molar-refractivity contribution in [2.45, 2.75) is 64.0 Å². The van der Waals surface area contributed by atoms with E-state index in [1.165, 1.54) is 16.7 Å². The summed E-state index contributed by atoms with van der Waals surface area (Å²) in [6.07, 6.45) is 8.51. The summed E-state index contributed by atoms with van der Waals surface area (Å²) < 4.78 is 21.7. The molecule has 2 saturated carbocycles. The lowest BCUT2D eigenvalue weighted by atomic mass is 10.0. The summed E-state index contributed by atoms with van der Waals surface area (Å²) in [7, 11) is 0. The third kappa shape index (κ3) is 4.98. The molecule has 0 unspecified atom stereocenters. The number of nitrogens with one attached hydrogen (secondary N) is 2. The fraction of sp³-hybridized carbons (Fsp3) is 0.393. The molecule has 8 heteroatoms. The minimum atomic E-state index is -0.615. The summed E-state index contributed by atoms with van der Waals surface area (Å²) in [4.78, 5) is 30.4. The monoisotopic (exact) mass is 490 g/mol. The fourth-order valence-electron chi connectivity index (χ4n) is 4.34. The van der Waals surface area contributed by atoms with Crippen LogP contribution in [-0.4, -0.2) is 28.1 Å². The molecule has 0 bridgehead atoms. The maximum Gasteiger partial charge on any atom is 0.297 e. The van der Waals surface area contributed by atoms with Crippen LogP contribution in [0.25, 0.3) is 5.69 Å². The number of nitrogens with zero attached hydrogens (tertiary/aromatic N) is 2. The third-order valence-corrected chi connectivity index (χ3v) is 6.80. The number of carbonyl (C=O) groups excluding carboxylic acids is 1. The lowest BCUT2D eigenvalue weighted by Crippen LogP contribution is -2.30. The first-order valence-electron chi connectivity index (χ1n) is 12.6. The number of unbranched alkanes of at least 4 members (excludes halogenated alkanes) is 1. The Balaban J connectivity index is 1.45. The lowest BCUT2D eigenvalue weighted by Gasteiger charge is -2.22. The molecular formula is C28H31FN4O3. The van der Waals surface area contributed by atoms with Gasteiger partial charge in [0.15, 0.2) is 5.82 Å². The molecule has 36 heavy (non-hydrogen) atoms. The molecule has 1 amide bonds. The van der Waals surface area contributed by atoms with E-state index < -0.39 is 5.54 Å². The van der Waals surface area contributed by atoms with Crippen molar-refractivity contribution < 1.29 is 13.9 Å². The van der Waals surface area contributed by atoms with Crippen LogP contribution in [0.5, 0.6) is 5.75 Å². The number of aryl methyl sites for hydroxylation is 1. The van der Waals surface area contributed by atoms with Crippen molar-refractivity contribution in [2.24, 2.45) is 0 Å². The van der Waals surface area contributed by atoms with Gasteiger partial charge in [0.05, 0.1) is 17.8 Å². The largest absolute Gasteiger partial charge is 0.493 e. The van der Waals surface area contributed by atoms with Gasteiger partial charge in [0.25, 0.3) is 11.5 Å². The summed E-state index contributed by atoms with van der Waals surface area (Å²) in [5.41, 5.74) is 1.73. The fourth-order valence-corrected chi connectivity index (χ4v) is 4.34. The number of anilines is 1. The zero-order valence-electron chi connectivity index (χ0n) is 20.6. The van der Waals surface area contributed by atoms with E-state index in [2.05, 4.69) is 22.5 Å². The Morgan fingerprint density at radius 2 is 2.03 bits per heavy atom. The van der Waals surface area contributed by atoms with Crippen molar-refractivity contribution >= 4 is 11.7 Å². The Bertz CT molecular complexity index is 1340. The van der Waals surface area contributed by atoms with Crippen LogP contribution in [0.15, 0.2) is 53.6 Å². The number of amides is 1. The van der Waals surface area contributed by atoms with E-state index in [9.17, 15) is 14.0 Å². The molecule has 0 radical (unpaired) electrons. The van der Waals surface area contributed by atoms with Crippen LogP contribution in [0.4, 0.5) is 10.2 Å². The highest BCUT2D eigenvalue weighted by Gasteiger charge is 2.47. The summed E-state index contributed by atoms with van der Waals surface area (Å²) in [6, 6.07) is 10.1. The maximum absolute atomic E-state index is 14.2. The highest BCUT2D eigenvalue weighted by atomic mass is 19.1. The van der Waals surface area contributed by atoms with Gasteiger partial charge in [0.1, 0.15) is 11.6 Å². The van der Waals surface area contributed by atoms with Gasteiger partial charge in [-0.1, -0.05) is 19.4 Å². The number of hydrogen-bond donors (Lipinski definition) is 2. The minimum absolute atomic E-state index is 0.141. The first-order chi connectivity index (χ1) is 17.4. The first-order valence-corrected chi connectivity index (χ1v) is 12.6. The molecule has 2 aromatic carbocycles. The SMILES string of the molecule is CCCCOc1ccc(F)cc1C1(Nc2nccn(-c3cc(C(=O)NC4CC4)ccc3C)c2=O)CC1. The molecule has 2 aliphatic rings. The molecule has 7 nitrogen and oxygen atoms in total.